The lowest BCUT2D eigenvalue weighted by Gasteiger charge is -2.12. The summed E-state index contributed by atoms with van der Waals surface area (Å²) in [5, 5.41) is 9.09. The van der Waals surface area contributed by atoms with Crippen LogP contribution in [0.5, 0.6) is 0 Å². The van der Waals surface area contributed by atoms with Gasteiger partial charge in [-0.25, -0.2) is 9.59 Å². The van der Waals surface area contributed by atoms with Crippen molar-refractivity contribution in [2.24, 2.45) is 0 Å². The van der Waals surface area contributed by atoms with Gasteiger partial charge < -0.3 is 14.3 Å². The third kappa shape index (κ3) is 3.16. The summed E-state index contributed by atoms with van der Waals surface area (Å²) >= 11 is 0. The second-order valence-corrected chi connectivity index (χ2v) is 4.90. The minimum atomic E-state index is -0.754. The van der Waals surface area contributed by atoms with Crippen molar-refractivity contribution in [2.45, 2.75) is 39.3 Å². The van der Waals surface area contributed by atoms with Crippen molar-refractivity contribution in [1.82, 2.24) is 4.57 Å². The van der Waals surface area contributed by atoms with Gasteiger partial charge in [-0.15, -0.1) is 0 Å². The molecule has 21 heavy (non-hydrogen) atoms. The Labute approximate surface area is 121 Å². The van der Waals surface area contributed by atoms with Crippen LogP contribution >= 0.6 is 0 Å². The van der Waals surface area contributed by atoms with Gasteiger partial charge in [-0.3, -0.25) is 4.57 Å². The summed E-state index contributed by atoms with van der Waals surface area (Å²) in [6.45, 7) is 3.81. The highest BCUT2D eigenvalue weighted by Gasteiger charge is 2.22. The van der Waals surface area contributed by atoms with Crippen molar-refractivity contribution < 1.29 is 19.1 Å². The maximum Gasteiger partial charge on any atom is 0.420 e. The summed E-state index contributed by atoms with van der Waals surface area (Å²) in [5.41, 5.74) is 1.50. The highest BCUT2D eigenvalue weighted by atomic mass is 16.5. The van der Waals surface area contributed by atoms with E-state index in [1.165, 1.54) is 4.57 Å². The minimum absolute atomic E-state index is 0.139. The van der Waals surface area contributed by atoms with Crippen LogP contribution in [-0.2, 0) is 16.1 Å². The van der Waals surface area contributed by atoms with E-state index in [4.69, 9.17) is 14.3 Å². The largest absolute Gasteiger partial charge is 0.464 e. The van der Waals surface area contributed by atoms with E-state index < -0.39 is 17.8 Å². The Balaban J connectivity index is 2.30. The molecule has 0 aliphatic rings. The number of unbranched alkanes of at least 4 members (excludes halogenated alkanes) is 1. The third-order valence-electron chi connectivity index (χ3n) is 3.33. The first kappa shape index (κ1) is 15.3. The van der Waals surface area contributed by atoms with Crippen LogP contribution < -0.4 is 5.76 Å². The van der Waals surface area contributed by atoms with Gasteiger partial charge in [-0.1, -0.05) is 19.4 Å². The fourth-order valence-electron chi connectivity index (χ4n) is 2.09. The zero-order valence-electron chi connectivity index (χ0n) is 12.2. The molecule has 114 valence electrons. The van der Waals surface area contributed by atoms with Crippen LogP contribution in [0.15, 0.2) is 27.4 Å². The number of carbonyl (C=O) groups excluding carboxylic acids is 1. The van der Waals surface area contributed by atoms with Gasteiger partial charge in [0, 0.05) is 0 Å². The Morgan fingerprint density at radius 1 is 1.48 bits per heavy atom. The average Bonchev–Trinajstić information content (AvgIpc) is 2.81. The number of hydrogen-bond acceptors (Lipinski definition) is 5. The Kier molecular flexibility index (Phi) is 4.80. The van der Waals surface area contributed by atoms with E-state index in [0.717, 1.165) is 12.8 Å². The number of ether oxygens (including phenoxy) is 1. The highest BCUT2D eigenvalue weighted by Crippen LogP contribution is 2.19. The molecule has 0 spiro atoms. The molecule has 0 saturated carbocycles. The van der Waals surface area contributed by atoms with E-state index in [1.807, 2.05) is 6.92 Å². The SMILES string of the molecule is CCCCOC(=O)C(C)n1c(=O)oc2cc(CO)ccc21. The van der Waals surface area contributed by atoms with Crippen LogP contribution in [0.2, 0.25) is 0 Å². The lowest BCUT2D eigenvalue weighted by molar-refractivity contribution is -0.147. The number of rotatable bonds is 6. The van der Waals surface area contributed by atoms with Crippen molar-refractivity contribution in [3.63, 3.8) is 0 Å². The van der Waals surface area contributed by atoms with Gasteiger partial charge in [0.25, 0.3) is 0 Å². The normalized spacial score (nSPS) is 12.5. The molecule has 2 rings (SSSR count). The molecule has 6 heteroatoms. The van der Waals surface area contributed by atoms with Gasteiger partial charge >= 0.3 is 11.7 Å². The number of aliphatic hydroxyl groups excluding tert-OH is 1. The van der Waals surface area contributed by atoms with E-state index in [-0.39, 0.29) is 6.61 Å². The summed E-state index contributed by atoms with van der Waals surface area (Å²) in [7, 11) is 0. The van der Waals surface area contributed by atoms with E-state index in [2.05, 4.69) is 0 Å². The maximum atomic E-state index is 12.0. The lowest BCUT2D eigenvalue weighted by Crippen LogP contribution is -2.26. The van der Waals surface area contributed by atoms with Gasteiger partial charge in [0.15, 0.2) is 5.58 Å². The van der Waals surface area contributed by atoms with Gasteiger partial charge in [0.05, 0.1) is 18.7 Å². The highest BCUT2D eigenvalue weighted by molar-refractivity contribution is 5.79. The second-order valence-electron chi connectivity index (χ2n) is 4.90. The molecule has 0 fully saturated rings. The molecule has 0 saturated heterocycles. The molecule has 1 atom stereocenters. The van der Waals surface area contributed by atoms with Crippen molar-refractivity contribution >= 4 is 17.1 Å². The number of aromatic nitrogens is 1. The molecule has 1 aromatic carbocycles. The number of carbonyl (C=O) groups is 1. The van der Waals surface area contributed by atoms with Crippen molar-refractivity contribution in [2.75, 3.05) is 6.61 Å². The van der Waals surface area contributed by atoms with E-state index in [9.17, 15) is 9.59 Å². The van der Waals surface area contributed by atoms with Crippen LogP contribution in [0.4, 0.5) is 0 Å². The number of benzene rings is 1. The fraction of sp³-hybridized carbons (Fsp3) is 0.467. The Hall–Kier alpha value is -2.08. The monoisotopic (exact) mass is 293 g/mol. The molecule has 1 aromatic heterocycles. The molecule has 0 aliphatic heterocycles. The Morgan fingerprint density at radius 3 is 2.90 bits per heavy atom. The number of hydrogen-bond donors (Lipinski definition) is 1. The zero-order valence-corrected chi connectivity index (χ0v) is 12.2. The number of oxazole rings is 1. The number of esters is 1. The molecular weight excluding hydrogens is 274 g/mol. The summed E-state index contributed by atoms with van der Waals surface area (Å²) in [6.07, 6.45) is 1.72. The van der Waals surface area contributed by atoms with E-state index in [1.54, 1.807) is 25.1 Å². The molecule has 1 N–H and O–H groups in total. The molecule has 1 unspecified atom stereocenters. The van der Waals surface area contributed by atoms with Gasteiger partial charge in [-0.2, -0.15) is 0 Å². The molecule has 2 aromatic rings. The van der Waals surface area contributed by atoms with Gasteiger partial charge in [0.2, 0.25) is 0 Å². The Morgan fingerprint density at radius 2 is 2.24 bits per heavy atom. The first-order chi connectivity index (χ1) is 10.1. The fourth-order valence-corrected chi connectivity index (χ4v) is 2.09. The zero-order chi connectivity index (χ0) is 15.4. The minimum Gasteiger partial charge on any atom is -0.464 e. The van der Waals surface area contributed by atoms with Crippen LogP contribution in [0.1, 0.15) is 38.3 Å². The van der Waals surface area contributed by atoms with E-state index in [0.29, 0.717) is 23.3 Å². The molecule has 0 aliphatic carbocycles. The summed E-state index contributed by atoms with van der Waals surface area (Å²) in [4.78, 5) is 23.9. The predicted molar refractivity (Wildman–Crippen MR) is 77.0 cm³/mol. The predicted octanol–water partition coefficient (Wildman–Crippen LogP) is 1.99. The summed E-state index contributed by atoms with van der Waals surface area (Å²) < 4.78 is 11.5. The summed E-state index contributed by atoms with van der Waals surface area (Å²) in [6, 6.07) is 4.17. The molecule has 1 heterocycles. The standard InChI is InChI=1S/C15H19NO5/c1-3-4-7-20-14(18)10(2)16-12-6-5-11(9-17)8-13(12)21-15(16)19/h5-6,8,10,17H,3-4,7,9H2,1-2H3. The van der Waals surface area contributed by atoms with Crippen LogP contribution in [0, 0.1) is 0 Å². The topological polar surface area (TPSA) is 81.7 Å². The maximum absolute atomic E-state index is 12.0. The number of nitrogens with zero attached hydrogens (tertiary/aromatic N) is 1. The third-order valence-corrected chi connectivity index (χ3v) is 3.33. The van der Waals surface area contributed by atoms with Crippen LogP contribution in [-0.4, -0.2) is 22.2 Å². The molecular formula is C15H19NO5. The molecule has 0 bridgehead atoms. The number of aliphatic hydroxyl groups is 1. The van der Waals surface area contributed by atoms with Gasteiger partial charge in [-0.05, 0) is 31.0 Å². The molecule has 0 amide bonds. The van der Waals surface area contributed by atoms with Crippen LogP contribution in [0.25, 0.3) is 11.1 Å². The average molecular weight is 293 g/mol. The first-order valence-electron chi connectivity index (χ1n) is 7.00. The van der Waals surface area contributed by atoms with Crippen molar-refractivity contribution in [3.05, 3.63) is 34.3 Å². The Bertz CT molecular complexity index is 685. The molecule has 6 nitrogen and oxygen atoms in total. The lowest BCUT2D eigenvalue weighted by atomic mass is 10.2. The van der Waals surface area contributed by atoms with Gasteiger partial charge in [0.1, 0.15) is 6.04 Å². The summed E-state index contributed by atoms with van der Waals surface area (Å²) in [5.74, 6) is -1.07. The first-order valence-corrected chi connectivity index (χ1v) is 7.00. The smallest absolute Gasteiger partial charge is 0.420 e. The second kappa shape index (κ2) is 6.58. The number of fused-ring (bicyclic) bond motifs is 1. The van der Waals surface area contributed by atoms with E-state index >= 15 is 0 Å². The molecule has 0 radical (unpaired) electrons. The van der Waals surface area contributed by atoms with Crippen LogP contribution in [0.3, 0.4) is 0 Å². The van der Waals surface area contributed by atoms with Crippen molar-refractivity contribution in [3.8, 4) is 0 Å². The van der Waals surface area contributed by atoms with Crippen molar-refractivity contribution in [1.29, 1.82) is 0 Å². The quantitative estimate of drug-likeness (QED) is 0.650.